The molecule has 4 nitrogen and oxygen atoms in total. The number of pyridine rings is 1. The van der Waals surface area contributed by atoms with E-state index >= 15 is 0 Å². The number of nitrogens with zero attached hydrogens (tertiary/aromatic N) is 3. The van der Waals surface area contributed by atoms with Gasteiger partial charge in [-0.2, -0.15) is 5.10 Å². The van der Waals surface area contributed by atoms with Crippen LogP contribution in [0.15, 0.2) is 36.5 Å². The van der Waals surface area contributed by atoms with Crippen molar-refractivity contribution < 1.29 is 5.11 Å². The minimum Gasteiger partial charge on any atom is -0.389 e. The zero-order chi connectivity index (χ0) is 14.3. The quantitative estimate of drug-likeness (QED) is 0.776. The molecule has 1 N–H and O–H groups in total. The average Bonchev–Trinajstić information content (AvgIpc) is 2.82. The molecule has 1 aromatic carbocycles. The fraction of sp³-hybridized carbons (Fsp3) is 0.250. The first-order valence-corrected chi connectivity index (χ1v) is 6.65. The highest BCUT2D eigenvalue weighted by Crippen LogP contribution is 2.35. The molecule has 0 aliphatic rings. The molecule has 0 fully saturated rings. The monoisotopic (exact) mass is 267 g/mol. The summed E-state index contributed by atoms with van der Waals surface area (Å²) in [7, 11) is 1.91. The maximum atomic E-state index is 10.2. The topological polar surface area (TPSA) is 50.9 Å². The first-order valence-electron chi connectivity index (χ1n) is 6.65. The van der Waals surface area contributed by atoms with Gasteiger partial charge in [-0.3, -0.25) is 9.67 Å². The van der Waals surface area contributed by atoms with Gasteiger partial charge < -0.3 is 5.11 Å². The molecule has 2 aromatic heterocycles. The number of benzene rings is 1. The van der Waals surface area contributed by atoms with Gasteiger partial charge in [-0.15, -0.1) is 0 Å². The largest absolute Gasteiger partial charge is 0.389 e. The van der Waals surface area contributed by atoms with Crippen LogP contribution in [0.5, 0.6) is 0 Å². The van der Waals surface area contributed by atoms with E-state index in [4.69, 9.17) is 0 Å². The minimum atomic E-state index is -0.572. The van der Waals surface area contributed by atoms with Crippen molar-refractivity contribution >= 4 is 10.9 Å². The molecule has 20 heavy (non-hydrogen) atoms. The Labute approximate surface area is 117 Å². The van der Waals surface area contributed by atoms with Crippen molar-refractivity contribution in [1.82, 2.24) is 14.8 Å². The fourth-order valence-corrected chi connectivity index (χ4v) is 2.76. The van der Waals surface area contributed by atoms with Crippen LogP contribution in [0.4, 0.5) is 0 Å². The third kappa shape index (κ3) is 1.89. The lowest BCUT2D eigenvalue weighted by molar-refractivity contribution is 0.199. The SMILES string of the molecule is Cc1nc2ccccc2c(-c2ccnn2C)c1C(C)O. The van der Waals surface area contributed by atoms with Gasteiger partial charge in [0.1, 0.15) is 0 Å². The van der Waals surface area contributed by atoms with Crippen LogP contribution in [0.1, 0.15) is 24.3 Å². The molecule has 4 heteroatoms. The molecular formula is C16H17N3O. The van der Waals surface area contributed by atoms with Gasteiger partial charge in [0.2, 0.25) is 0 Å². The van der Waals surface area contributed by atoms with Gasteiger partial charge in [0.25, 0.3) is 0 Å². The summed E-state index contributed by atoms with van der Waals surface area (Å²) in [6, 6.07) is 9.96. The predicted octanol–water partition coefficient (Wildman–Crippen LogP) is 3.00. The zero-order valence-corrected chi connectivity index (χ0v) is 11.8. The van der Waals surface area contributed by atoms with Crippen LogP contribution in [-0.2, 0) is 7.05 Å². The highest BCUT2D eigenvalue weighted by molar-refractivity contribution is 5.95. The maximum Gasteiger partial charge on any atom is 0.0786 e. The second kappa shape index (κ2) is 4.72. The number of rotatable bonds is 2. The first-order chi connectivity index (χ1) is 9.59. The molecule has 0 saturated heterocycles. The number of aromatic nitrogens is 3. The van der Waals surface area contributed by atoms with Crippen LogP contribution in [0.3, 0.4) is 0 Å². The lowest BCUT2D eigenvalue weighted by Gasteiger charge is -2.17. The van der Waals surface area contributed by atoms with E-state index < -0.39 is 6.10 Å². The van der Waals surface area contributed by atoms with Crippen LogP contribution >= 0.6 is 0 Å². The van der Waals surface area contributed by atoms with E-state index in [-0.39, 0.29) is 0 Å². The van der Waals surface area contributed by atoms with Crippen molar-refractivity contribution in [3.63, 3.8) is 0 Å². The Morgan fingerprint density at radius 3 is 2.60 bits per heavy atom. The maximum absolute atomic E-state index is 10.2. The molecule has 0 aliphatic heterocycles. The zero-order valence-electron chi connectivity index (χ0n) is 11.8. The molecule has 0 saturated carbocycles. The molecule has 1 atom stereocenters. The van der Waals surface area contributed by atoms with Gasteiger partial charge >= 0.3 is 0 Å². The number of hydrogen-bond acceptors (Lipinski definition) is 3. The van der Waals surface area contributed by atoms with Gasteiger partial charge in [-0.05, 0) is 26.0 Å². The Morgan fingerprint density at radius 1 is 1.20 bits per heavy atom. The summed E-state index contributed by atoms with van der Waals surface area (Å²) in [5.74, 6) is 0. The Kier molecular flexibility index (Phi) is 3.03. The van der Waals surface area contributed by atoms with Crippen LogP contribution in [0.25, 0.3) is 22.2 Å². The van der Waals surface area contributed by atoms with Crippen molar-refractivity contribution in [1.29, 1.82) is 0 Å². The number of aryl methyl sites for hydroxylation is 2. The Balaban J connectivity index is 2.48. The summed E-state index contributed by atoms with van der Waals surface area (Å²) < 4.78 is 1.83. The smallest absolute Gasteiger partial charge is 0.0786 e. The molecule has 0 spiro atoms. The van der Waals surface area contributed by atoms with E-state index in [0.717, 1.165) is 33.4 Å². The predicted molar refractivity (Wildman–Crippen MR) is 79.3 cm³/mol. The van der Waals surface area contributed by atoms with Crippen molar-refractivity contribution in [3.05, 3.63) is 47.8 Å². The molecule has 0 bridgehead atoms. The van der Waals surface area contributed by atoms with Crippen molar-refractivity contribution in [2.75, 3.05) is 0 Å². The lowest BCUT2D eigenvalue weighted by Crippen LogP contribution is -2.05. The Morgan fingerprint density at radius 2 is 1.95 bits per heavy atom. The molecule has 3 rings (SSSR count). The van der Waals surface area contributed by atoms with Crippen molar-refractivity contribution in [2.45, 2.75) is 20.0 Å². The molecule has 0 aliphatic carbocycles. The highest BCUT2D eigenvalue weighted by atomic mass is 16.3. The molecule has 3 aromatic rings. The standard InChI is InChI=1S/C16H17N3O/c1-10-15(11(2)20)16(14-8-9-17-19(14)3)12-6-4-5-7-13(12)18-10/h4-9,11,20H,1-3H3. The lowest BCUT2D eigenvalue weighted by atomic mass is 9.95. The summed E-state index contributed by atoms with van der Waals surface area (Å²) in [5.41, 5.74) is 4.67. The van der Waals surface area contributed by atoms with E-state index in [1.165, 1.54) is 0 Å². The van der Waals surface area contributed by atoms with E-state index in [1.807, 2.05) is 49.0 Å². The van der Waals surface area contributed by atoms with Crippen LogP contribution in [-0.4, -0.2) is 19.9 Å². The number of fused-ring (bicyclic) bond motifs is 1. The fourth-order valence-electron chi connectivity index (χ4n) is 2.76. The second-order valence-corrected chi connectivity index (χ2v) is 5.02. The van der Waals surface area contributed by atoms with Crippen molar-refractivity contribution in [3.8, 4) is 11.3 Å². The van der Waals surface area contributed by atoms with Gasteiger partial charge in [-0.1, -0.05) is 18.2 Å². The number of aliphatic hydroxyl groups excluding tert-OH is 1. The summed E-state index contributed by atoms with van der Waals surface area (Å²) in [4.78, 5) is 4.61. The summed E-state index contributed by atoms with van der Waals surface area (Å²) >= 11 is 0. The van der Waals surface area contributed by atoms with Gasteiger partial charge in [0, 0.05) is 35.5 Å². The average molecular weight is 267 g/mol. The van der Waals surface area contributed by atoms with E-state index in [2.05, 4.69) is 10.1 Å². The van der Waals surface area contributed by atoms with Crippen LogP contribution < -0.4 is 0 Å². The molecule has 102 valence electrons. The minimum absolute atomic E-state index is 0.572. The number of para-hydroxylation sites is 1. The molecular weight excluding hydrogens is 250 g/mol. The van der Waals surface area contributed by atoms with Crippen LogP contribution in [0.2, 0.25) is 0 Å². The number of aliphatic hydroxyl groups is 1. The van der Waals surface area contributed by atoms with Crippen molar-refractivity contribution in [2.24, 2.45) is 7.05 Å². The highest BCUT2D eigenvalue weighted by Gasteiger charge is 2.19. The van der Waals surface area contributed by atoms with Gasteiger partial charge in [0.15, 0.2) is 0 Å². The third-order valence-corrected chi connectivity index (χ3v) is 3.62. The van der Waals surface area contributed by atoms with E-state index in [1.54, 1.807) is 13.1 Å². The Bertz CT molecular complexity index is 774. The Hall–Kier alpha value is -2.20. The summed E-state index contributed by atoms with van der Waals surface area (Å²) in [6.07, 6.45) is 1.20. The summed E-state index contributed by atoms with van der Waals surface area (Å²) in [5, 5.41) is 15.4. The third-order valence-electron chi connectivity index (χ3n) is 3.62. The van der Waals surface area contributed by atoms with E-state index in [0.29, 0.717) is 0 Å². The normalized spacial score (nSPS) is 12.8. The molecule has 2 heterocycles. The van der Waals surface area contributed by atoms with Gasteiger partial charge in [-0.25, -0.2) is 0 Å². The van der Waals surface area contributed by atoms with Gasteiger partial charge in [0.05, 0.1) is 17.3 Å². The number of hydrogen-bond donors (Lipinski definition) is 1. The molecule has 0 amide bonds. The van der Waals surface area contributed by atoms with Crippen LogP contribution in [0, 0.1) is 6.92 Å². The van der Waals surface area contributed by atoms with E-state index in [9.17, 15) is 5.11 Å². The molecule has 0 radical (unpaired) electrons. The first kappa shape index (κ1) is 12.8. The molecule has 1 unspecified atom stereocenters. The second-order valence-electron chi connectivity index (χ2n) is 5.02. The summed E-state index contributed by atoms with van der Waals surface area (Å²) in [6.45, 7) is 3.72.